The van der Waals surface area contributed by atoms with Gasteiger partial charge in [0, 0.05) is 12.6 Å². The van der Waals surface area contributed by atoms with Gasteiger partial charge in [0.15, 0.2) is 0 Å². The maximum Gasteiger partial charge on any atom is 0.243 e. The number of nitrogens with zero attached hydrogens (tertiary/aromatic N) is 1. The third kappa shape index (κ3) is 2.73. The molecule has 0 radical (unpaired) electrons. The van der Waals surface area contributed by atoms with Gasteiger partial charge >= 0.3 is 0 Å². The quantitative estimate of drug-likeness (QED) is 0.849. The summed E-state index contributed by atoms with van der Waals surface area (Å²) in [6, 6.07) is 10.9. The molecule has 0 aliphatic heterocycles. The molecule has 100 valence electrons. The molecule has 3 rings (SSSR count). The lowest BCUT2D eigenvalue weighted by molar-refractivity contribution is 0.399. The Bertz CT molecular complexity index is 631. The second kappa shape index (κ2) is 5.07. The van der Waals surface area contributed by atoms with Crippen molar-refractivity contribution in [1.29, 1.82) is 0 Å². The zero-order valence-corrected chi connectivity index (χ0v) is 12.0. The van der Waals surface area contributed by atoms with Crippen LogP contribution in [0, 0.1) is 0 Å². The zero-order valence-electron chi connectivity index (χ0n) is 10.4. The van der Waals surface area contributed by atoms with Crippen LogP contribution in [0.4, 0.5) is 0 Å². The van der Waals surface area contributed by atoms with Crippen LogP contribution in [0.25, 0.3) is 0 Å². The normalized spacial score (nSPS) is 15.8. The number of thiophene rings is 1. The minimum absolute atomic E-state index is 0.171. The average molecular weight is 293 g/mol. The summed E-state index contributed by atoms with van der Waals surface area (Å²) in [4.78, 5) is 0.386. The van der Waals surface area contributed by atoms with Gasteiger partial charge in [-0.15, -0.1) is 0 Å². The molecule has 1 aliphatic rings. The van der Waals surface area contributed by atoms with Crippen molar-refractivity contribution in [3.8, 4) is 0 Å². The molecule has 2 aromatic rings. The molecule has 19 heavy (non-hydrogen) atoms. The van der Waals surface area contributed by atoms with E-state index >= 15 is 0 Å². The van der Waals surface area contributed by atoms with Crippen LogP contribution in [0.15, 0.2) is 52.1 Å². The van der Waals surface area contributed by atoms with E-state index in [2.05, 4.69) is 0 Å². The molecule has 0 spiro atoms. The monoisotopic (exact) mass is 293 g/mol. The van der Waals surface area contributed by atoms with Gasteiger partial charge in [-0.2, -0.15) is 15.6 Å². The van der Waals surface area contributed by atoms with Crippen molar-refractivity contribution < 1.29 is 8.42 Å². The molecule has 3 nitrogen and oxygen atoms in total. The van der Waals surface area contributed by atoms with E-state index in [4.69, 9.17) is 0 Å². The Morgan fingerprint density at radius 1 is 1.16 bits per heavy atom. The number of hydrogen-bond donors (Lipinski definition) is 0. The lowest BCUT2D eigenvalue weighted by Crippen LogP contribution is -2.32. The molecular formula is C14H15NO2S2. The fourth-order valence-corrected chi connectivity index (χ4v) is 4.42. The Morgan fingerprint density at radius 3 is 2.47 bits per heavy atom. The van der Waals surface area contributed by atoms with Gasteiger partial charge in [-0.3, -0.25) is 0 Å². The summed E-state index contributed by atoms with van der Waals surface area (Å²) < 4.78 is 27.0. The van der Waals surface area contributed by atoms with Crippen LogP contribution in [-0.2, 0) is 16.6 Å². The van der Waals surface area contributed by atoms with Gasteiger partial charge in [0.25, 0.3) is 0 Å². The SMILES string of the molecule is O=S(=O)(c1ccccc1)N(Cc1ccsc1)C1CC1. The molecule has 0 saturated heterocycles. The molecule has 0 amide bonds. The molecule has 1 aliphatic carbocycles. The smallest absolute Gasteiger partial charge is 0.207 e. The first-order chi connectivity index (χ1) is 9.18. The highest BCUT2D eigenvalue weighted by Crippen LogP contribution is 2.33. The minimum Gasteiger partial charge on any atom is -0.207 e. The molecule has 0 atom stereocenters. The summed E-state index contributed by atoms with van der Waals surface area (Å²) in [5, 5.41) is 3.99. The Kier molecular flexibility index (Phi) is 3.43. The van der Waals surface area contributed by atoms with Crippen molar-refractivity contribution in [2.75, 3.05) is 0 Å². The van der Waals surface area contributed by atoms with E-state index in [0.29, 0.717) is 11.4 Å². The zero-order chi connectivity index (χ0) is 13.3. The first kappa shape index (κ1) is 12.8. The van der Waals surface area contributed by atoms with Crippen LogP contribution in [0.3, 0.4) is 0 Å². The molecule has 1 aromatic carbocycles. The Labute approximate surface area is 117 Å². The van der Waals surface area contributed by atoms with Gasteiger partial charge < -0.3 is 0 Å². The number of sulfonamides is 1. The van der Waals surface area contributed by atoms with E-state index in [1.165, 1.54) is 0 Å². The van der Waals surface area contributed by atoms with Crippen LogP contribution in [-0.4, -0.2) is 18.8 Å². The van der Waals surface area contributed by atoms with Gasteiger partial charge in [-0.25, -0.2) is 8.42 Å². The fourth-order valence-electron chi connectivity index (χ4n) is 2.06. The lowest BCUT2D eigenvalue weighted by atomic mass is 10.3. The van der Waals surface area contributed by atoms with Crippen molar-refractivity contribution in [1.82, 2.24) is 4.31 Å². The summed E-state index contributed by atoms with van der Waals surface area (Å²) in [7, 11) is -3.38. The summed E-state index contributed by atoms with van der Waals surface area (Å²) in [6.45, 7) is 0.478. The molecule has 5 heteroatoms. The van der Waals surface area contributed by atoms with Crippen molar-refractivity contribution in [2.24, 2.45) is 0 Å². The first-order valence-corrected chi connectivity index (χ1v) is 8.64. The van der Waals surface area contributed by atoms with Gasteiger partial charge in [-0.05, 0) is 47.4 Å². The Morgan fingerprint density at radius 2 is 1.89 bits per heavy atom. The van der Waals surface area contributed by atoms with E-state index in [0.717, 1.165) is 18.4 Å². The van der Waals surface area contributed by atoms with Gasteiger partial charge in [0.2, 0.25) is 10.0 Å². The highest BCUT2D eigenvalue weighted by atomic mass is 32.2. The highest BCUT2D eigenvalue weighted by Gasteiger charge is 2.37. The predicted molar refractivity (Wildman–Crippen MR) is 76.5 cm³/mol. The molecule has 1 saturated carbocycles. The van der Waals surface area contributed by atoms with E-state index in [1.54, 1.807) is 39.9 Å². The van der Waals surface area contributed by atoms with E-state index in [-0.39, 0.29) is 6.04 Å². The summed E-state index contributed by atoms with van der Waals surface area (Å²) >= 11 is 1.60. The maximum absolute atomic E-state index is 12.7. The molecular weight excluding hydrogens is 278 g/mol. The third-order valence-electron chi connectivity index (χ3n) is 3.22. The average Bonchev–Trinajstić information content (AvgIpc) is 3.13. The topological polar surface area (TPSA) is 37.4 Å². The molecule has 1 heterocycles. The van der Waals surface area contributed by atoms with Gasteiger partial charge in [0.05, 0.1) is 4.90 Å². The van der Waals surface area contributed by atoms with E-state index in [9.17, 15) is 8.42 Å². The van der Waals surface area contributed by atoms with Crippen molar-refractivity contribution in [3.05, 3.63) is 52.7 Å². The van der Waals surface area contributed by atoms with E-state index in [1.807, 2.05) is 22.9 Å². The number of benzene rings is 1. The fraction of sp³-hybridized carbons (Fsp3) is 0.286. The maximum atomic E-state index is 12.7. The van der Waals surface area contributed by atoms with Crippen molar-refractivity contribution in [2.45, 2.75) is 30.3 Å². The highest BCUT2D eigenvalue weighted by molar-refractivity contribution is 7.89. The molecule has 0 bridgehead atoms. The first-order valence-electron chi connectivity index (χ1n) is 6.26. The van der Waals surface area contributed by atoms with Crippen LogP contribution in [0.2, 0.25) is 0 Å². The molecule has 0 unspecified atom stereocenters. The largest absolute Gasteiger partial charge is 0.243 e. The van der Waals surface area contributed by atoms with Crippen LogP contribution in [0.5, 0.6) is 0 Å². The molecule has 0 N–H and O–H groups in total. The summed E-state index contributed by atoms with van der Waals surface area (Å²) in [5.74, 6) is 0. The standard InChI is InChI=1S/C14H15NO2S2/c16-19(17,14-4-2-1-3-5-14)15(13-6-7-13)10-12-8-9-18-11-12/h1-5,8-9,11,13H,6-7,10H2. The Hall–Kier alpha value is -1.17. The second-order valence-electron chi connectivity index (χ2n) is 4.73. The summed E-state index contributed by atoms with van der Waals surface area (Å²) in [5.41, 5.74) is 1.07. The second-order valence-corrected chi connectivity index (χ2v) is 7.40. The van der Waals surface area contributed by atoms with Gasteiger partial charge in [-0.1, -0.05) is 18.2 Å². The van der Waals surface area contributed by atoms with Crippen LogP contribution in [0.1, 0.15) is 18.4 Å². The van der Waals surface area contributed by atoms with Crippen molar-refractivity contribution >= 4 is 21.4 Å². The molecule has 1 fully saturated rings. The number of hydrogen-bond acceptors (Lipinski definition) is 3. The predicted octanol–water partition coefficient (Wildman–Crippen LogP) is 3.10. The summed E-state index contributed by atoms with van der Waals surface area (Å²) in [6.07, 6.45) is 1.94. The lowest BCUT2D eigenvalue weighted by Gasteiger charge is -2.21. The molecule has 1 aromatic heterocycles. The van der Waals surface area contributed by atoms with Gasteiger partial charge in [0.1, 0.15) is 0 Å². The van der Waals surface area contributed by atoms with Crippen LogP contribution >= 0.6 is 11.3 Å². The minimum atomic E-state index is -3.38. The van der Waals surface area contributed by atoms with E-state index < -0.39 is 10.0 Å². The van der Waals surface area contributed by atoms with Crippen LogP contribution < -0.4 is 0 Å². The van der Waals surface area contributed by atoms with Crippen molar-refractivity contribution in [3.63, 3.8) is 0 Å². The number of rotatable bonds is 5. The Balaban J connectivity index is 1.92. The third-order valence-corrected chi connectivity index (χ3v) is 5.87.